The molecule has 0 aliphatic heterocycles. The largest absolute Gasteiger partial charge is 0.493 e. The zero-order chi connectivity index (χ0) is 15.8. The first-order valence-corrected chi connectivity index (χ1v) is 7.34. The zero-order valence-electron chi connectivity index (χ0n) is 12.7. The van der Waals surface area contributed by atoms with E-state index in [0.29, 0.717) is 31.1 Å². The van der Waals surface area contributed by atoms with Gasteiger partial charge < -0.3 is 20.1 Å². The number of aliphatic hydroxyl groups excluding tert-OH is 1. The molecule has 0 spiro atoms. The van der Waals surface area contributed by atoms with E-state index in [1.165, 1.54) is 4.90 Å². The summed E-state index contributed by atoms with van der Waals surface area (Å²) in [6.07, 6.45) is 0.174. The Morgan fingerprint density at radius 2 is 2.24 bits per heavy atom. The highest BCUT2D eigenvalue weighted by Gasteiger charge is 2.09. The fourth-order valence-corrected chi connectivity index (χ4v) is 2.07. The number of carbonyl (C=O) groups excluding carboxylic acids is 1. The molecule has 118 valence electrons. The van der Waals surface area contributed by atoms with Crippen molar-refractivity contribution in [3.05, 3.63) is 28.8 Å². The van der Waals surface area contributed by atoms with E-state index in [2.05, 4.69) is 5.32 Å². The molecule has 1 rings (SSSR count). The highest BCUT2D eigenvalue weighted by Crippen LogP contribution is 2.21. The van der Waals surface area contributed by atoms with E-state index < -0.39 is 6.10 Å². The summed E-state index contributed by atoms with van der Waals surface area (Å²) in [5, 5.41) is 12.7. The van der Waals surface area contributed by atoms with Crippen LogP contribution in [-0.2, 0) is 0 Å². The van der Waals surface area contributed by atoms with Gasteiger partial charge >= 0.3 is 6.03 Å². The van der Waals surface area contributed by atoms with Crippen molar-refractivity contribution in [2.75, 3.05) is 26.7 Å². The maximum absolute atomic E-state index is 11.7. The fraction of sp³-hybridized carbons (Fsp3) is 0.533. The molecule has 21 heavy (non-hydrogen) atoms. The van der Waals surface area contributed by atoms with Gasteiger partial charge in [0.15, 0.2) is 0 Å². The minimum absolute atomic E-state index is 0.196. The summed E-state index contributed by atoms with van der Waals surface area (Å²) in [7, 11) is 1.65. The first-order chi connectivity index (χ1) is 9.90. The summed E-state index contributed by atoms with van der Waals surface area (Å²) in [5.74, 6) is 0.803. The van der Waals surface area contributed by atoms with E-state index in [0.717, 1.165) is 11.3 Å². The second-order valence-electron chi connectivity index (χ2n) is 5.07. The van der Waals surface area contributed by atoms with Crippen LogP contribution in [0.1, 0.15) is 18.9 Å². The van der Waals surface area contributed by atoms with Crippen molar-refractivity contribution in [3.63, 3.8) is 0 Å². The number of urea groups is 1. The van der Waals surface area contributed by atoms with Gasteiger partial charge in [0.05, 0.1) is 12.7 Å². The standard InChI is InChI=1S/C15H23ClN2O3/c1-11-9-13(16)5-6-14(11)21-8-4-7-17-15(20)18(3)10-12(2)19/h5-6,9,12,19H,4,7-8,10H2,1-3H3,(H,17,20). The average molecular weight is 315 g/mol. The summed E-state index contributed by atoms with van der Waals surface area (Å²) in [6, 6.07) is 5.28. The third-order valence-electron chi connectivity index (χ3n) is 2.88. The van der Waals surface area contributed by atoms with Crippen LogP contribution < -0.4 is 10.1 Å². The Balaban J connectivity index is 2.21. The predicted octanol–water partition coefficient (Wildman–Crippen LogP) is 2.44. The Bertz CT molecular complexity index is 466. The molecule has 1 aromatic carbocycles. The van der Waals surface area contributed by atoms with Gasteiger partial charge in [-0.2, -0.15) is 0 Å². The Kier molecular flexibility index (Phi) is 7.32. The van der Waals surface area contributed by atoms with Crippen molar-refractivity contribution in [1.82, 2.24) is 10.2 Å². The first-order valence-electron chi connectivity index (χ1n) is 6.96. The SMILES string of the molecule is Cc1cc(Cl)ccc1OCCCNC(=O)N(C)CC(C)O. The lowest BCUT2D eigenvalue weighted by molar-refractivity contribution is 0.143. The van der Waals surface area contributed by atoms with Crippen LogP contribution in [0.15, 0.2) is 18.2 Å². The van der Waals surface area contributed by atoms with Crippen molar-refractivity contribution in [1.29, 1.82) is 0 Å². The molecule has 0 radical (unpaired) electrons. The molecule has 0 saturated heterocycles. The third-order valence-corrected chi connectivity index (χ3v) is 3.11. The van der Waals surface area contributed by atoms with Gasteiger partial charge in [0.25, 0.3) is 0 Å². The summed E-state index contributed by atoms with van der Waals surface area (Å²) in [5.41, 5.74) is 0.989. The van der Waals surface area contributed by atoms with E-state index in [1.54, 1.807) is 20.0 Å². The number of amides is 2. The van der Waals surface area contributed by atoms with Gasteiger partial charge in [-0.05, 0) is 44.0 Å². The number of carbonyl (C=O) groups is 1. The first kappa shape index (κ1) is 17.6. The molecule has 5 nitrogen and oxygen atoms in total. The highest BCUT2D eigenvalue weighted by molar-refractivity contribution is 6.30. The van der Waals surface area contributed by atoms with Gasteiger partial charge in [0.2, 0.25) is 0 Å². The zero-order valence-corrected chi connectivity index (χ0v) is 13.5. The van der Waals surface area contributed by atoms with Crippen LogP contribution >= 0.6 is 11.6 Å². The number of aliphatic hydroxyl groups is 1. The number of benzene rings is 1. The number of rotatable bonds is 7. The molecule has 2 N–H and O–H groups in total. The Morgan fingerprint density at radius 3 is 2.86 bits per heavy atom. The fourth-order valence-electron chi connectivity index (χ4n) is 1.84. The van der Waals surface area contributed by atoms with Crippen LogP contribution in [-0.4, -0.2) is 48.9 Å². The molecule has 0 aliphatic rings. The monoisotopic (exact) mass is 314 g/mol. The maximum Gasteiger partial charge on any atom is 0.317 e. The highest BCUT2D eigenvalue weighted by atomic mass is 35.5. The Labute approximate surface area is 130 Å². The van der Waals surface area contributed by atoms with Crippen LogP contribution in [0.2, 0.25) is 5.02 Å². The normalized spacial score (nSPS) is 11.9. The molecule has 0 aromatic heterocycles. The van der Waals surface area contributed by atoms with Gasteiger partial charge in [-0.3, -0.25) is 0 Å². The quantitative estimate of drug-likeness (QED) is 0.760. The van der Waals surface area contributed by atoms with Gasteiger partial charge in [0, 0.05) is 25.2 Å². The molecule has 0 fully saturated rings. The smallest absolute Gasteiger partial charge is 0.317 e. The average Bonchev–Trinajstić information content (AvgIpc) is 2.39. The van der Waals surface area contributed by atoms with Crippen molar-refractivity contribution in [2.45, 2.75) is 26.4 Å². The van der Waals surface area contributed by atoms with Crippen LogP contribution in [0, 0.1) is 6.92 Å². The Morgan fingerprint density at radius 1 is 1.52 bits per heavy atom. The number of likely N-dealkylation sites (N-methyl/N-ethyl adjacent to an activating group) is 1. The van der Waals surface area contributed by atoms with E-state index in [1.807, 2.05) is 19.1 Å². The molecule has 1 unspecified atom stereocenters. The molecular formula is C15H23ClN2O3. The van der Waals surface area contributed by atoms with Crippen molar-refractivity contribution >= 4 is 17.6 Å². The molecular weight excluding hydrogens is 292 g/mol. The molecule has 6 heteroatoms. The lowest BCUT2D eigenvalue weighted by Crippen LogP contribution is -2.41. The number of hydrogen-bond donors (Lipinski definition) is 2. The molecule has 0 saturated carbocycles. The van der Waals surface area contributed by atoms with Gasteiger partial charge in [-0.15, -0.1) is 0 Å². The molecule has 2 amide bonds. The lowest BCUT2D eigenvalue weighted by atomic mass is 10.2. The third kappa shape index (κ3) is 6.69. The minimum Gasteiger partial charge on any atom is -0.493 e. The molecule has 0 aliphatic carbocycles. The lowest BCUT2D eigenvalue weighted by Gasteiger charge is -2.19. The summed E-state index contributed by atoms with van der Waals surface area (Å²) < 4.78 is 5.64. The number of hydrogen-bond acceptors (Lipinski definition) is 3. The van der Waals surface area contributed by atoms with Crippen LogP contribution in [0.5, 0.6) is 5.75 Å². The van der Waals surface area contributed by atoms with Crippen LogP contribution in [0.25, 0.3) is 0 Å². The molecule has 1 atom stereocenters. The minimum atomic E-state index is -0.531. The molecule has 1 aromatic rings. The van der Waals surface area contributed by atoms with E-state index >= 15 is 0 Å². The number of halogens is 1. The number of nitrogens with one attached hydrogen (secondary N) is 1. The molecule has 0 heterocycles. The van der Waals surface area contributed by atoms with Gasteiger partial charge in [0.1, 0.15) is 5.75 Å². The number of nitrogens with zero attached hydrogens (tertiary/aromatic N) is 1. The van der Waals surface area contributed by atoms with Crippen LogP contribution in [0.4, 0.5) is 4.79 Å². The maximum atomic E-state index is 11.7. The van der Waals surface area contributed by atoms with E-state index in [-0.39, 0.29) is 6.03 Å². The van der Waals surface area contributed by atoms with Crippen molar-refractivity contribution in [2.24, 2.45) is 0 Å². The van der Waals surface area contributed by atoms with E-state index in [4.69, 9.17) is 16.3 Å². The van der Waals surface area contributed by atoms with Crippen molar-refractivity contribution in [3.8, 4) is 5.75 Å². The van der Waals surface area contributed by atoms with Crippen LogP contribution in [0.3, 0.4) is 0 Å². The summed E-state index contributed by atoms with van der Waals surface area (Å²) >= 11 is 5.88. The summed E-state index contributed by atoms with van der Waals surface area (Å²) in [4.78, 5) is 13.1. The van der Waals surface area contributed by atoms with E-state index in [9.17, 15) is 9.90 Å². The Hall–Kier alpha value is -1.46. The number of aryl methyl sites for hydroxylation is 1. The van der Waals surface area contributed by atoms with Gasteiger partial charge in [-0.1, -0.05) is 11.6 Å². The second kappa shape index (κ2) is 8.74. The number of ether oxygens (including phenoxy) is 1. The van der Waals surface area contributed by atoms with Gasteiger partial charge in [-0.25, -0.2) is 4.79 Å². The predicted molar refractivity (Wildman–Crippen MR) is 84.0 cm³/mol. The molecule has 0 bridgehead atoms. The second-order valence-corrected chi connectivity index (χ2v) is 5.51. The summed E-state index contributed by atoms with van der Waals surface area (Å²) in [6.45, 7) is 4.94. The van der Waals surface area contributed by atoms with Crippen molar-refractivity contribution < 1.29 is 14.6 Å². The topological polar surface area (TPSA) is 61.8 Å².